The van der Waals surface area contributed by atoms with Crippen molar-refractivity contribution in [2.75, 3.05) is 6.54 Å². The number of carbonyl (C=O) groups is 1. The topological polar surface area (TPSA) is 41.1 Å². The number of amides is 2. The average Bonchev–Trinajstić information content (AvgIpc) is 2.21. The van der Waals surface area contributed by atoms with Crippen LogP contribution in [-0.4, -0.2) is 18.6 Å². The first-order valence-corrected chi connectivity index (χ1v) is 7.08. The minimum atomic E-state index is 0.0123. The van der Waals surface area contributed by atoms with E-state index in [2.05, 4.69) is 31.4 Å². The van der Waals surface area contributed by atoms with E-state index in [1.165, 1.54) is 32.1 Å². The molecule has 1 fully saturated rings. The Balaban J connectivity index is 2.11. The fourth-order valence-corrected chi connectivity index (χ4v) is 2.05. The molecule has 1 aliphatic carbocycles. The van der Waals surface area contributed by atoms with E-state index in [1.807, 2.05) is 0 Å². The van der Waals surface area contributed by atoms with Crippen LogP contribution in [0.1, 0.15) is 65.7 Å². The Labute approximate surface area is 106 Å². The molecule has 0 unspecified atom stereocenters. The van der Waals surface area contributed by atoms with Gasteiger partial charge >= 0.3 is 6.03 Å². The molecule has 17 heavy (non-hydrogen) atoms. The predicted molar refractivity (Wildman–Crippen MR) is 72.1 cm³/mol. The van der Waals surface area contributed by atoms with Gasteiger partial charge in [-0.05, 0) is 31.1 Å². The summed E-state index contributed by atoms with van der Waals surface area (Å²) in [5.41, 5.74) is 0.214. The predicted octanol–water partition coefficient (Wildman–Crippen LogP) is 3.44. The first kappa shape index (κ1) is 14.3. The van der Waals surface area contributed by atoms with Gasteiger partial charge in [0.1, 0.15) is 0 Å². The summed E-state index contributed by atoms with van der Waals surface area (Å²) in [6.45, 7) is 7.45. The molecule has 0 aromatic carbocycles. The van der Waals surface area contributed by atoms with E-state index < -0.39 is 0 Å². The number of hydrogen-bond donors (Lipinski definition) is 2. The summed E-state index contributed by atoms with van der Waals surface area (Å²) < 4.78 is 0. The maximum atomic E-state index is 11.6. The number of nitrogens with one attached hydrogen (secondary N) is 2. The maximum Gasteiger partial charge on any atom is 0.315 e. The van der Waals surface area contributed by atoms with E-state index in [9.17, 15) is 4.79 Å². The number of urea groups is 1. The molecule has 2 amide bonds. The molecule has 0 aromatic rings. The fourth-order valence-electron chi connectivity index (χ4n) is 2.05. The normalized spacial score (nSPS) is 16.4. The van der Waals surface area contributed by atoms with E-state index >= 15 is 0 Å². The Morgan fingerprint density at radius 1 is 1.29 bits per heavy atom. The number of carbonyl (C=O) groups excluding carboxylic acids is 1. The van der Waals surface area contributed by atoms with Gasteiger partial charge < -0.3 is 10.6 Å². The van der Waals surface area contributed by atoms with E-state index in [0.29, 0.717) is 6.04 Å². The van der Waals surface area contributed by atoms with Crippen LogP contribution in [0, 0.1) is 5.41 Å². The molecule has 0 atom stereocenters. The highest BCUT2D eigenvalue weighted by Gasteiger charge is 2.21. The van der Waals surface area contributed by atoms with Crippen LogP contribution >= 0.6 is 0 Å². The molecule has 2 N–H and O–H groups in total. The second kappa shape index (κ2) is 6.87. The van der Waals surface area contributed by atoms with Crippen molar-refractivity contribution in [2.45, 2.75) is 71.8 Å². The number of rotatable bonds is 7. The van der Waals surface area contributed by atoms with Gasteiger partial charge in [-0.3, -0.25) is 0 Å². The van der Waals surface area contributed by atoms with Gasteiger partial charge in [-0.15, -0.1) is 0 Å². The molecule has 3 nitrogen and oxygen atoms in total. The second-order valence-corrected chi connectivity index (χ2v) is 6.08. The highest BCUT2D eigenvalue weighted by molar-refractivity contribution is 5.74. The quantitative estimate of drug-likeness (QED) is 0.658. The van der Waals surface area contributed by atoms with Gasteiger partial charge in [0.25, 0.3) is 0 Å². The van der Waals surface area contributed by atoms with E-state index in [1.54, 1.807) is 0 Å². The molecule has 1 saturated carbocycles. The molecule has 0 spiro atoms. The smallest absolute Gasteiger partial charge is 0.315 e. The van der Waals surface area contributed by atoms with Crippen molar-refractivity contribution in [3.8, 4) is 0 Å². The molecule has 100 valence electrons. The van der Waals surface area contributed by atoms with Crippen LogP contribution in [-0.2, 0) is 0 Å². The van der Waals surface area contributed by atoms with Gasteiger partial charge in [0.05, 0.1) is 0 Å². The van der Waals surface area contributed by atoms with Crippen molar-refractivity contribution >= 4 is 6.03 Å². The molecular weight excluding hydrogens is 212 g/mol. The summed E-state index contributed by atoms with van der Waals surface area (Å²) in [6, 6.07) is 0.441. The molecule has 0 heterocycles. The van der Waals surface area contributed by atoms with Gasteiger partial charge in [0.15, 0.2) is 0 Å². The fraction of sp³-hybridized carbons (Fsp3) is 0.929. The van der Waals surface area contributed by atoms with Crippen LogP contribution in [0.2, 0.25) is 0 Å². The average molecular weight is 240 g/mol. The third-order valence-electron chi connectivity index (χ3n) is 3.62. The van der Waals surface area contributed by atoms with Gasteiger partial charge in [0.2, 0.25) is 0 Å². The van der Waals surface area contributed by atoms with E-state index in [0.717, 1.165) is 19.4 Å². The highest BCUT2D eigenvalue weighted by atomic mass is 16.2. The lowest BCUT2D eigenvalue weighted by atomic mass is 9.87. The zero-order chi connectivity index (χ0) is 12.7. The molecule has 0 aliphatic heterocycles. The van der Waals surface area contributed by atoms with Crippen LogP contribution in [0.3, 0.4) is 0 Å². The third-order valence-corrected chi connectivity index (χ3v) is 3.62. The molecule has 0 bridgehead atoms. The lowest BCUT2D eigenvalue weighted by molar-refractivity contribution is 0.219. The van der Waals surface area contributed by atoms with Crippen molar-refractivity contribution in [1.29, 1.82) is 0 Å². The molecule has 0 saturated heterocycles. The van der Waals surface area contributed by atoms with Crippen LogP contribution in [0.25, 0.3) is 0 Å². The molecular formula is C14H28N2O. The zero-order valence-corrected chi connectivity index (χ0v) is 11.6. The Hall–Kier alpha value is -0.730. The van der Waals surface area contributed by atoms with E-state index in [4.69, 9.17) is 0 Å². The maximum absolute atomic E-state index is 11.6. The highest BCUT2D eigenvalue weighted by Crippen LogP contribution is 2.22. The van der Waals surface area contributed by atoms with Gasteiger partial charge in [0, 0.05) is 12.6 Å². The van der Waals surface area contributed by atoms with Gasteiger partial charge in [-0.1, -0.05) is 40.0 Å². The van der Waals surface area contributed by atoms with Crippen LogP contribution in [0.5, 0.6) is 0 Å². The van der Waals surface area contributed by atoms with E-state index in [-0.39, 0.29) is 11.4 Å². The minimum absolute atomic E-state index is 0.0123. The Bertz CT molecular complexity index is 234. The Kier molecular flexibility index (Phi) is 5.79. The second-order valence-electron chi connectivity index (χ2n) is 6.08. The summed E-state index contributed by atoms with van der Waals surface area (Å²) in [5, 5.41) is 6.01. The lowest BCUT2D eigenvalue weighted by Gasteiger charge is -2.29. The van der Waals surface area contributed by atoms with Crippen molar-refractivity contribution in [3.05, 3.63) is 0 Å². The van der Waals surface area contributed by atoms with Crippen molar-refractivity contribution in [3.63, 3.8) is 0 Å². The van der Waals surface area contributed by atoms with Crippen molar-refractivity contribution < 1.29 is 4.79 Å². The largest absolute Gasteiger partial charge is 0.338 e. The van der Waals surface area contributed by atoms with Crippen LogP contribution < -0.4 is 10.6 Å². The summed E-state index contributed by atoms with van der Waals surface area (Å²) in [7, 11) is 0. The summed E-state index contributed by atoms with van der Waals surface area (Å²) in [6.07, 6.45) is 8.54. The molecule has 1 aliphatic rings. The van der Waals surface area contributed by atoms with Gasteiger partial charge in [-0.25, -0.2) is 4.79 Å². The molecule has 1 rings (SSSR count). The summed E-state index contributed by atoms with van der Waals surface area (Å²) >= 11 is 0. The molecule has 3 heteroatoms. The number of unbranched alkanes of at least 4 members (excludes halogenated alkanes) is 2. The lowest BCUT2D eigenvalue weighted by Crippen LogP contribution is -2.47. The standard InChI is InChI=1S/C14H28N2O/c1-4-5-6-10-14(2,3)11-15-13(17)16-12-8-7-9-12/h12H,4-11H2,1-3H3,(H2,15,16,17). The number of hydrogen-bond acceptors (Lipinski definition) is 1. The Morgan fingerprint density at radius 2 is 2.00 bits per heavy atom. The van der Waals surface area contributed by atoms with Crippen molar-refractivity contribution in [2.24, 2.45) is 5.41 Å². The first-order valence-electron chi connectivity index (χ1n) is 7.08. The molecule has 0 radical (unpaired) electrons. The zero-order valence-electron chi connectivity index (χ0n) is 11.6. The first-order chi connectivity index (χ1) is 8.03. The SMILES string of the molecule is CCCCCC(C)(C)CNC(=O)NC1CCC1. The van der Waals surface area contributed by atoms with Crippen LogP contribution in [0.15, 0.2) is 0 Å². The third kappa shape index (κ3) is 5.94. The summed E-state index contributed by atoms with van der Waals surface area (Å²) in [5.74, 6) is 0. The minimum Gasteiger partial charge on any atom is -0.338 e. The Morgan fingerprint density at radius 3 is 2.53 bits per heavy atom. The van der Waals surface area contributed by atoms with Gasteiger partial charge in [-0.2, -0.15) is 0 Å². The van der Waals surface area contributed by atoms with Crippen molar-refractivity contribution in [1.82, 2.24) is 10.6 Å². The van der Waals surface area contributed by atoms with Crippen LogP contribution in [0.4, 0.5) is 4.79 Å². The summed E-state index contributed by atoms with van der Waals surface area (Å²) in [4.78, 5) is 11.6. The molecule has 0 aromatic heterocycles. The monoisotopic (exact) mass is 240 g/mol.